The Kier molecular flexibility index (Phi) is 8.78. The van der Waals surface area contributed by atoms with Gasteiger partial charge in [-0.3, -0.25) is 0 Å². The average molecular weight is 756 g/mol. The van der Waals surface area contributed by atoms with E-state index in [9.17, 15) is 40.2 Å². The van der Waals surface area contributed by atoms with Gasteiger partial charge in [-0.05, 0) is 104 Å². The zero-order valence-electron chi connectivity index (χ0n) is 32.2. The van der Waals surface area contributed by atoms with Crippen molar-refractivity contribution in [2.45, 2.75) is 126 Å². The van der Waals surface area contributed by atoms with Crippen molar-refractivity contribution in [1.29, 1.82) is 0 Å². The Morgan fingerprint density at radius 2 is 1.89 bits per heavy atom. The van der Waals surface area contributed by atoms with Crippen LogP contribution in [0, 0.1) is 70.0 Å². The largest absolute Gasteiger partial charge is 0.454 e. The molecule has 1 aliphatic heterocycles. The monoisotopic (exact) mass is 755 g/mol. The van der Waals surface area contributed by atoms with Crippen molar-refractivity contribution in [2.75, 3.05) is 7.05 Å². The van der Waals surface area contributed by atoms with Gasteiger partial charge in [-0.1, -0.05) is 56.4 Å². The molecule has 5 fully saturated rings. The van der Waals surface area contributed by atoms with Crippen molar-refractivity contribution in [3.05, 3.63) is 58.7 Å². The molecule has 0 saturated heterocycles. The number of esters is 1. The summed E-state index contributed by atoms with van der Waals surface area (Å²) in [6.45, 7) is 3.96. The summed E-state index contributed by atoms with van der Waals surface area (Å²) in [5.41, 5.74) is -5.25. The minimum absolute atomic E-state index is 0.0970. The molecule has 1 aromatic rings. The van der Waals surface area contributed by atoms with Gasteiger partial charge in [-0.15, -0.1) is 0 Å². The van der Waals surface area contributed by atoms with E-state index in [-0.39, 0.29) is 55.6 Å². The highest BCUT2D eigenvalue weighted by Gasteiger charge is 2.86. The highest BCUT2D eigenvalue weighted by Crippen LogP contribution is 2.79. The van der Waals surface area contributed by atoms with Gasteiger partial charge in [0.15, 0.2) is 0 Å². The summed E-state index contributed by atoms with van der Waals surface area (Å²) in [4.78, 5) is 27.4. The Hall–Kier alpha value is -2.88. The first-order valence-corrected chi connectivity index (χ1v) is 20.7. The van der Waals surface area contributed by atoms with E-state index >= 15 is 0 Å². The molecule has 55 heavy (non-hydrogen) atoms. The van der Waals surface area contributed by atoms with Crippen molar-refractivity contribution in [3.63, 3.8) is 0 Å². The molecule has 10 rings (SSSR count). The predicted molar refractivity (Wildman–Crippen MR) is 202 cm³/mol. The van der Waals surface area contributed by atoms with Gasteiger partial charge < -0.3 is 45.5 Å². The Balaban J connectivity index is 1.28. The van der Waals surface area contributed by atoms with Crippen LogP contribution in [0.4, 0.5) is 0 Å². The number of benzene rings is 1. The predicted octanol–water partition coefficient (Wildman–Crippen LogP) is 2.73. The maximum absolute atomic E-state index is 14.0. The lowest BCUT2D eigenvalue weighted by Crippen LogP contribution is -2.87. The van der Waals surface area contributed by atoms with Crippen molar-refractivity contribution >= 4 is 12.3 Å². The SMILES string of the molecule is CN[C@H]1Cc2c(cccc2CO)C#CCC[C@]23C[C@H]4C=C[C@H]5C[C@H](O)C[C@@]6(O)[C@@H](CCC(C)C)[C@H](O)[C@](O)([C@H]4[C@@]56C=O)[C@@]2(O)C[C@@H]2C[C@H]1[C@@H]1OC(=O)C=C1[C@@H]23. The second-order valence-electron chi connectivity index (χ2n) is 19.1. The Bertz CT molecular complexity index is 1900. The van der Waals surface area contributed by atoms with Crippen LogP contribution in [0.2, 0.25) is 0 Å². The van der Waals surface area contributed by atoms with Crippen LogP contribution in [0.3, 0.4) is 0 Å². The van der Waals surface area contributed by atoms with Crippen LogP contribution < -0.4 is 5.32 Å². The van der Waals surface area contributed by atoms with E-state index in [1.807, 2.05) is 51.2 Å². The number of aliphatic hydroxyl groups is 6. The number of nitrogens with one attached hydrogen (secondary N) is 1. The third-order valence-corrected chi connectivity index (χ3v) is 16.7. The molecule has 1 aromatic carbocycles. The zero-order valence-corrected chi connectivity index (χ0v) is 32.2. The van der Waals surface area contributed by atoms with Crippen LogP contribution >= 0.6 is 0 Å². The number of likely N-dealkylation sites (N-methyl/N-ethyl adjacent to an activating group) is 1. The van der Waals surface area contributed by atoms with Crippen molar-refractivity contribution in [3.8, 4) is 11.8 Å². The lowest BCUT2D eigenvalue weighted by Gasteiger charge is -2.75. The topological polar surface area (TPSA) is 177 Å². The number of aldehydes is 1. The molecule has 1 heterocycles. The molecule has 16 atom stereocenters. The van der Waals surface area contributed by atoms with Crippen LogP contribution in [-0.2, 0) is 27.4 Å². The second-order valence-corrected chi connectivity index (χ2v) is 19.1. The molecule has 0 aromatic heterocycles. The fourth-order valence-electron chi connectivity index (χ4n) is 14.8. The quantitative estimate of drug-likeness (QED) is 0.0990. The van der Waals surface area contributed by atoms with Gasteiger partial charge in [0.1, 0.15) is 23.6 Å². The number of allylic oxidation sites excluding steroid dienone is 2. The van der Waals surface area contributed by atoms with Crippen molar-refractivity contribution < 1.29 is 45.0 Å². The molecule has 296 valence electrons. The van der Waals surface area contributed by atoms with Crippen LogP contribution in [0.5, 0.6) is 0 Å². The average Bonchev–Trinajstić information content (AvgIpc) is 3.66. The van der Waals surface area contributed by atoms with Crippen molar-refractivity contribution in [2.24, 2.45) is 58.2 Å². The third-order valence-electron chi connectivity index (χ3n) is 16.7. The molecule has 7 N–H and O–H groups in total. The number of rotatable bonds is 6. The highest BCUT2D eigenvalue weighted by molar-refractivity contribution is 5.86. The molecule has 0 radical (unpaired) electrons. The lowest BCUT2D eigenvalue weighted by atomic mass is 9.31. The number of hydrogen-bond donors (Lipinski definition) is 7. The van der Waals surface area contributed by atoms with Crippen molar-refractivity contribution in [1.82, 2.24) is 5.32 Å². The second kappa shape index (κ2) is 12.8. The van der Waals surface area contributed by atoms with Gasteiger partial charge in [0.25, 0.3) is 0 Å². The van der Waals surface area contributed by atoms with E-state index in [0.717, 1.165) is 28.5 Å². The van der Waals surface area contributed by atoms with Gasteiger partial charge in [0, 0.05) is 53.7 Å². The lowest BCUT2D eigenvalue weighted by molar-refractivity contribution is -0.381. The van der Waals surface area contributed by atoms with Gasteiger partial charge >= 0.3 is 5.97 Å². The summed E-state index contributed by atoms with van der Waals surface area (Å²) in [6, 6.07) is 5.57. The number of carbonyl (C=O) groups is 2. The van der Waals surface area contributed by atoms with Gasteiger partial charge in [-0.25, -0.2) is 4.79 Å². The molecule has 8 aliphatic carbocycles. The molecule has 1 spiro atoms. The van der Waals surface area contributed by atoms with E-state index in [0.29, 0.717) is 44.9 Å². The zero-order chi connectivity index (χ0) is 38.9. The molecule has 0 amide bonds. The first kappa shape index (κ1) is 37.7. The highest BCUT2D eigenvalue weighted by atomic mass is 16.5. The molecular weight excluding hydrogens is 698 g/mol. The minimum atomic E-state index is -2.22. The van der Waals surface area contributed by atoms with E-state index in [2.05, 4.69) is 17.2 Å². The van der Waals surface area contributed by atoms with E-state index < -0.39 is 75.6 Å². The molecule has 5 saturated carbocycles. The van der Waals surface area contributed by atoms with Gasteiger partial charge in [0.2, 0.25) is 0 Å². The number of hydrogen-bond acceptors (Lipinski definition) is 10. The Labute approximate surface area is 323 Å². The fraction of sp³-hybridized carbons (Fsp3) is 0.689. The molecule has 10 nitrogen and oxygen atoms in total. The summed E-state index contributed by atoms with van der Waals surface area (Å²) in [6.07, 6.45) is 6.60. The summed E-state index contributed by atoms with van der Waals surface area (Å²) in [5, 5.41) is 79.1. The number of fused-ring (bicyclic) bond motifs is 4. The molecule has 4 bridgehead atoms. The Morgan fingerprint density at radius 3 is 2.62 bits per heavy atom. The van der Waals surface area contributed by atoms with E-state index in [1.54, 1.807) is 6.08 Å². The van der Waals surface area contributed by atoms with Crippen LogP contribution in [0.15, 0.2) is 42.0 Å². The number of carbonyl (C=O) groups excluding carboxylic acids is 2. The van der Waals surface area contributed by atoms with Crippen LogP contribution in [0.1, 0.15) is 88.3 Å². The van der Waals surface area contributed by atoms with Gasteiger partial charge in [0.05, 0.1) is 29.8 Å². The number of ether oxygens (including phenoxy) is 1. The Morgan fingerprint density at radius 1 is 1.09 bits per heavy atom. The molecular formula is C45H57NO9. The minimum Gasteiger partial charge on any atom is -0.454 e. The molecule has 10 heteroatoms. The first-order chi connectivity index (χ1) is 26.2. The first-order valence-electron chi connectivity index (χ1n) is 20.7. The third kappa shape index (κ3) is 4.69. The standard InChI is InChI=1S/C45H57NO9/c1-24(2)10-13-34-40(51)45(54)39-26(11-12-29-16-30(49)21-43(34,52)42(29,39)23-48)19-41-14-5-4-7-25-8-6-9-27(22-47)31(25)17-35(46-3)32-15-28(20-44(41,45)53)37(41)33-18-36(50)55-38(32)33/h6,8-9,11-12,18,23-24,26,28-30,32,34-35,37-40,46-47,49,51-54H,5,10,13-17,19-22H2,1-3H3/t26-,28+,29+,30+,32-,34+,35+,37-,38+,39-,40+,41-,42-,43-,44-,45-/m1/s1. The maximum Gasteiger partial charge on any atom is 0.331 e. The number of aliphatic hydroxyl groups excluding tert-OH is 3. The summed E-state index contributed by atoms with van der Waals surface area (Å²) >= 11 is 0. The van der Waals surface area contributed by atoms with Crippen LogP contribution in [0.25, 0.3) is 0 Å². The van der Waals surface area contributed by atoms with Gasteiger partial charge in [-0.2, -0.15) is 0 Å². The van der Waals surface area contributed by atoms with Crippen LogP contribution in [-0.4, -0.2) is 91.1 Å². The normalized spacial score (nSPS) is 48.8. The summed E-state index contributed by atoms with van der Waals surface area (Å²) in [5.74, 6) is 2.64. The molecule has 9 aliphatic rings. The summed E-state index contributed by atoms with van der Waals surface area (Å²) in [7, 11) is 1.89. The maximum atomic E-state index is 14.0. The van der Waals surface area contributed by atoms with E-state index in [1.165, 1.54) is 0 Å². The fourth-order valence-corrected chi connectivity index (χ4v) is 14.8. The summed E-state index contributed by atoms with van der Waals surface area (Å²) < 4.78 is 6.19. The smallest absolute Gasteiger partial charge is 0.331 e. The van der Waals surface area contributed by atoms with E-state index in [4.69, 9.17) is 4.74 Å². The molecule has 0 unspecified atom stereocenters.